The third-order valence-electron chi connectivity index (χ3n) is 12.8. The van der Waals surface area contributed by atoms with E-state index in [9.17, 15) is 50.8 Å². The van der Waals surface area contributed by atoms with Gasteiger partial charge in [0.05, 0.1) is 41.7 Å². The lowest BCUT2D eigenvalue weighted by atomic mass is 9.45. The van der Waals surface area contributed by atoms with Gasteiger partial charge in [0.1, 0.15) is 24.4 Å². The van der Waals surface area contributed by atoms with Gasteiger partial charge in [0.2, 0.25) is 0 Å². The van der Waals surface area contributed by atoms with E-state index in [0.29, 0.717) is 31.3 Å². The van der Waals surface area contributed by atoms with E-state index in [1.54, 1.807) is 26.8 Å². The van der Waals surface area contributed by atoms with E-state index in [4.69, 9.17) is 9.47 Å². The van der Waals surface area contributed by atoms with Gasteiger partial charge in [-0.25, -0.2) is 0 Å². The fourth-order valence-electron chi connectivity index (χ4n) is 9.85. The summed E-state index contributed by atoms with van der Waals surface area (Å²) in [5.74, 6) is -1.26. The molecular weight excluding hydrogens is 588 g/mol. The van der Waals surface area contributed by atoms with Crippen molar-refractivity contribution in [3.63, 3.8) is 0 Å². The molecule has 1 saturated heterocycles. The molecule has 0 spiro atoms. The smallest absolute Gasteiger partial charge is 0.187 e. The SMILES string of the molecule is CC(C)(CC[C@@H](O)[C@@](C)(O)[C@H]1CC[C@@]2(O)C3=CC(=O)[C@H]4C[C@@H](O)[C@@H](O)C[C@]4(C)[C@H]3CC[C@@]12C)O[C@H]1O[C@@H](CO)[C@@H](O)[C@@H](O)[C@H]1O. The molecule has 0 aromatic carbocycles. The molecule has 0 unspecified atom stereocenters. The Hall–Kier alpha value is -1.03. The average Bonchev–Trinajstić information content (AvgIpc) is 3.25. The zero-order valence-corrected chi connectivity index (χ0v) is 27.0. The molecule has 258 valence electrons. The van der Waals surface area contributed by atoms with Crippen LogP contribution in [-0.2, 0) is 14.3 Å². The summed E-state index contributed by atoms with van der Waals surface area (Å²) >= 11 is 0. The molecule has 5 aliphatic rings. The number of hydrogen-bond donors (Lipinski definition) is 9. The van der Waals surface area contributed by atoms with Crippen LogP contribution in [-0.4, -0.2) is 124 Å². The van der Waals surface area contributed by atoms with Gasteiger partial charge in [0.25, 0.3) is 0 Å². The van der Waals surface area contributed by atoms with Crippen LogP contribution in [0.2, 0.25) is 0 Å². The van der Waals surface area contributed by atoms with E-state index in [1.165, 1.54) is 0 Å². The number of ketones is 1. The molecule has 3 saturated carbocycles. The molecule has 0 amide bonds. The Bertz CT molecular complexity index is 1150. The van der Waals surface area contributed by atoms with Gasteiger partial charge < -0.3 is 55.4 Å². The van der Waals surface area contributed by atoms with Crippen molar-refractivity contribution in [1.29, 1.82) is 0 Å². The fraction of sp³-hybridized carbons (Fsp3) is 0.909. The minimum absolute atomic E-state index is 0.0895. The van der Waals surface area contributed by atoms with Crippen molar-refractivity contribution in [2.24, 2.45) is 28.6 Å². The second-order valence-electron chi connectivity index (χ2n) is 16.0. The quantitative estimate of drug-likeness (QED) is 0.166. The van der Waals surface area contributed by atoms with Crippen LogP contribution in [0, 0.1) is 28.6 Å². The first kappa shape index (κ1) is 35.3. The standard InChI is InChI=1S/C33H54O12/c1-29(2,45-28-27(41)26(40)25(39)22(15-34)44-28)9-8-24(38)32(5,42)23-7-11-33(43)17-12-19(35)18-13-20(36)21(37)14-30(18,3)16(17)6-10-31(23,33)4/h12,16,18,20-28,34,36-43H,6-11,13-15H2,1-5H3/t16-,18+,20+,21-,22-,23-,24+,25+,26+,27+,28+,30+,31-,32-,33+/m0/s1. The highest BCUT2D eigenvalue weighted by atomic mass is 16.7. The van der Waals surface area contributed by atoms with E-state index in [1.807, 2.05) is 13.8 Å². The van der Waals surface area contributed by atoms with Crippen molar-refractivity contribution >= 4 is 5.78 Å². The zero-order chi connectivity index (χ0) is 33.5. The summed E-state index contributed by atoms with van der Waals surface area (Å²) in [6, 6.07) is 0. The van der Waals surface area contributed by atoms with Crippen molar-refractivity contribution < 1.29 is 60.2 Å². The summed E-state index contributed by atoms with van der Waals surface area (Å²) in [5, 5.41) is 96.7. The van der Waals surface area contributed by atoms with E-state index >= 15 is 0 Å². The van der Waals surface area contributed by atoms with E-state index < -0.39 is 95.1 Å². The van der Waals surface area contributed by atoms with Gasteiger partial charge in [-0.1, -0.05) is 13.8 Å². The summed E-state index contributed by atoms with van der Waals surface area (Å²) < 4.78 is 11.4. The third kappa shape index (κ3) is 5.55. The number of carbonyl (C=O) groups is 1. The number of aliphatic hydroxyl groups is 9. The Kier molecular flexibility index (Phi) is 9.28. The molecule has 0 bridgehead atoms. The minimum atomic E-state index is -1.62. The van der Waals surface area contributed by atoms with Gasteiger partial charge in [0, 0.05) is 11.3 Å². The molecule has 0 aromatic heterocycles. The van der Waals surface area contributed by atoms with E-state index in [2.05, 4.69) is 0 Å². The maximum absolute atomic E-state index is 13.4. The summed E-state index contributed by atoms with van der Waals surface area (Å²) in [4.78, 5) is 13.4. The molecule has 4 aliphatic carbocycles. The highest BCUT2D eigenvalue weighted by molar-refractivity contribution is 5.95. The lowest BCUT2D eigenvalue weighted by molar-refractivity contribution is -0.324. The maximum Gasteiger partial charge on any atom is 0.187 e. The number of fused-ring (bicyclic) bond motifs is 5. The first-order chi connectivity index (χ1) is 20.7. The number of hydrogen-bond acceptors (Lipinski definition) is 12. The van der Waals surface area contributed by atoms with Crippen molar-refractivity contribution in [3.05, 3.63) is 11.6 Å². The van der Waals surface area contributed by atoms with Gasteiger partial charge in [-0.15, -0.1) is 0 Å². The second kappa shape index (κ2) is 11.8. The van der Waals surface area contributed by atoms with Crippen LogP contribution in [0.4, 0.5) is 0 Å². The molecule has 15 atom stereocenters. The summed E-state index contributed by atoms with van der Waals surface area (Å²) in [6.45, 7) is 8.30. The predicted molar refractivity (Wildman–Crippen MR) is 159 cm³/mol. The van der Waals surface area contributed by atoms with Gasteiger partial charge >= 0.3 is 0 Å². The lowest BCUT2D eigenvalue weighted by Crippen LogP contribution is -2.63. The predicted octanol–water partition coefficient (Wildman–Crippen LogP) is -0.322. The normalized spacial score (nSPS) is 48.9. The number of aliphatic hydroxyl groups excluding tert-OH is 7. The van der Waals surface area contributed by atoms with E-state index in [0.717, 1.165) is 0 Å². The molecule has 45 heavy (non-hydrogen) atoms. The Balaban J connectivity index is 1.30. The molecule has 12 heteroatoms. The number of carbonyl (C=O) groups excluding carboxylic acids is 1. The van der Waals surface area contributed by atoms with Crippen molar-refractivity contribution in [3.8, 4) is 0 Å². The Morgan fingerprint density at radius 1 is 1.00 bits per heavy atom. The number of ether oxygens (including phenoxy) is 2. The first-order valence-electron chi connectivity index (χ1n) is 16.5. The maximum atomic E-state index is 13.4. The van der Waals surface area contributed by atoms with Crippen LogP contribution >= 0.6 is 0 Å². The van der Waals surface area contributed by atoms with Crippen LogP contribution in [0.15, 0.2) is 11.6 Å². The average molecular weight is 643 g/mol. The van der Waals surface area contributed by atoms with Crippen molar-refractivity contribution in [2.45, 2.75) is 152 Å². The van der Waals surface area contributed by atoms with Crippen molar-refractivity contribution in [1.82, 2.24) is 0 Å². The summed E-state index contributed by atoms with van der Waals surface area (Å²) in [7, 11) is 0. The summed E-state index contributed by atoms with van der Waals surface area (Å²) in [6.07, 6.45) is -6.04. The number of allylic oxidation sites excluding steroid dienone is 1. The van der Waals surface area contributed by atoms with Crippen LogP contribution in [0.25, 0.3) is 0 Å². The van der Waals surface area contributed by atoms with Crippen LogP contribution in [0.1, 0.15) is 86.0 Å². The third-order valence-corrected chi connectivity index (χ3v) is 12.8. The molecule has 9 N–H and O–H groups in total. The number of rotatable bonds is 8. The Labute approximate surface area is 264 Å². The zero-order valence-electron chi connectivity index (χ0n) is 27.0. The molecule has 4 fully saturated rings. The fourth-order valence-corrected chi connectivity index (χ4v) is 9.85. The van der Waals surface area contributed by atoms with Gasteiger partial charge in [-0.3, -0.25) is 4.79 Å². The Morgan fingerprint density at radius 3 is 2.31 bits per heavy atom. The Morgan fingerprint density at radius 2 is 1.67 bits per heavy atom. The van der Waals surface area contributed by atoms with E-state index in [-0.39, 0.29) is 37.4 Å². The minimum Gasteiger partial charge on any atom is -0.394 e. The van der Waals surface area contributed by atoms with Crippen molar-refractivity contribution in [2.75, 3.05) is 6.61 Å². The molecule has 0 radical (unpaired) electrons. The summed E-state index contributed by atoms with van der Waals surface area (Å²) in [5.41, 5.74) is -4.84. The molecule has 12 nitrogen and oxygen atoms in total. The largest absolute Gasteiger partial charge is 0.394 e. The first-order valence-corrected chi connectivity index (χ1v) is 16.5. The molecule has 0 aromatic rings. The van der Waals surface area contributed by atoms with Gasteiger partial charge in [0.15, 0.2) is 12.1 Å². The highest BCUT2D eigenvalue weighted by Crippen LogP contribution is 2.68. The molecule has 1 heterocycles. The monoisotopic (exact) mass is 642 g/mol. The molecular formula is C33H54O12. The topological polar surface area (TPSA) is 218 Å². The second-order valence-corrected chi connectivity index (χ2v) is 16.0. The molecule has 5 rings (SSSR count). The van der Waals surface area contributed by atoms with Gasteiger partial charge in [-0.05, 0) is 101 Å². The highest BCUT2D eigenvalue weighted by Gasteiger charge is 2.69. The molecule has 1 aliphatic heterocycles. The lowest BCUT2D eigenvalue weighted by Gasteiger charge is -2.60. The van der Waals surface area contributed by atoms with Crippen LogP contribution in [0.3, 0.4) is 0 Å². The van der Waals surface area contributed by atoms with Crippen LogP contribution in [0.5, 0.6) is 0 Å². The van der Waals surface area contributed by atoms with Gasteiger partial charge in [-0.2, -0.15) is 0 Å². The van der Waals surface area contributed by atoms with Crippen LogP contribution < -0.4 is 0 Å².